The van der Waals surface area contributed by atoms with E-state index < -0.39 is 10.0 Å². The molecule has 1 heterocycles. The van der Waals surface area contributed by atoms with Gasteiger partial charge in [0.05, 0.1) is 25.2 Å². The lowest BCUT2D eigenvalue weighted by Crippen LogP contribution is -2.27. The molecule has 0 N–H and O–H groups in total. The summed E-state index contributed by atoms with van der Waals surface area (Å²) in [6, 6.07) is 16.5. The number of benzene rings is 2. The number of amidine groups is 1. The first-order valence-electron chi connectivity index (χ1n) is 8.32. The fraction of sp³-hybridized carbons (Fsp3) is 0.211. The highest BCUT2D eigenvalue weighted by Crippen LogP contribution is 2.27. The van der Waals surface area contributed by atoms with Crippen molar-refractivity contribution in [2.75, 3.05) is 25.5 Å². The first-order valence-corrected chi connectivity index (χ1v) is 9.76. The molecular weight excluding hydrogens is 362 g/mol. The summed E-state index contributed by atoms with van der Waals surface area (Å²) in [7, 11) is 0.183. The number of nitrogens with zero attached hydrogens (tertiary/aromatic N) is 5. The van der Waals surface area contributed by atoms with Crippen LogP contribution in [0.3, 0.4) is 0 Å². The smallest absolute Gasteiger partial charge is 0.285 e. The van der Waals surface area contributed by atoms with Crippen molar-refractivity contribution in [3.05, 3.63) is 59.7 Å². The van der Waals surface area contributed by atoms with E-state index >= 15 is 0 Å². The van der Waals surface area contributed by atoms with Gasteiger partial charge in [0.25, 0.3) is 10.0 Å². The van der Waals surface area contributed by atoms with Gasteiger partial charge < -0.3 is 4.90 Å². The maximum atomic E-state index is 12.3. The van der Waals surface area contributed by atoms with Crippen LogP contribution in [-0.4, -0.2) is 46.1 Å². The molecule has 1 aliphatic heterocycles. The Kier molecular flexibility index (Phi) is 5.23. The largest absolute Gasteiger partial charge is 0.378 e. The first kappa shape index (κ1) is 18.6. The van der Waals surface area contributed by atoms with Crippen molar-refractivity contribution in [3.63, 3.8) is 0 Å². The van der Waals surface area contributed by atoms with Crippen molar-refractivity contribution >= 4 is 27.8 Å². The van der Waals surface area contributed by atoms with E-state index in [2.05, 4.69) is 15.6 Å². The van der Waals surface area contributed by atoms with Crippen molar-refractivity contribution in [1.29, 1.82) is 5.26 Å². The molecule has 0 radical (unpaired) electrons. The van der Waals surface area contributed by atoms with Crippen LogP contribution in [-0.2, 0) is 10.0 Å². The van der Waals surface area contributed by atoms with E-state index in [1.165, 1.54) is 11.1 Å². The van der Waals surface area contributed by atoms with Gasteiger partial charge in [0.15, 0.2) is 5.84 Å². The first-order chi connectivity index (χ1) is 12.9. The summed E-state index contributed by atoms with van der Waals surface area (Å²) >= 11 is 0. The summed E-state index contributed by atoms with van der Waals surface area (Å²) in [4.78, 5) is 2.15. The molecule has 7 nitrogen and oxygen atoms in total. The van der Waals surface area contributed by atoms with Crippen LogP contribution < -0.4 is 4.90 Å². The van der Waals surface area contributed by atoms with Crippen molar-refractivity contribution in [2.45, 2.75) is 11.3 Å². The number of sulfonamides is 1. The summed E-state index contributed by atoms with van der Waals surface area (Å²) in [5.74, 6) is 0.238. The molecule has 1 aliphatic rings. The molecule has 8 heteroatoms. The van der Waals surface area contributed by atoms with Crippen LogP contribution in [0.5, 0.6) is 0 Å². The van der Waals surface area contributed by atoms with Gasteiger partial charge in [-0.2, -0.15) is 18.8 Å². The Labute approximate surface area is 158 Å². The molecule has 2 aromatic rings. The molecule has 27 heavy (non-hydrogen) atoms. The minimum Gasteiger partial charge on any atom is -0.378 e. The van der Waals surface area contributed by atoms with Crippen molar-refractivity contribution < 1.29 is 8.42 Å². The van der Waals surface area contributed by atoms with Crippen molar-refractivity contribution in [3.8, 4) is 6.07 Å². The molecule has 0 saturated heterocycles. The maximum absolute atomic E-state index is 12.3. The van der Waals surface area contributed by atoms with Crippen LogP contribution in [0, 0.1) is 11.3 Å². The Morgan fingerprint density at radius 2 is 1.85 bits per heavy atom. The van der Waals surface area contributed by atoms with E-state index in [9.17, 15) is 8.42 Å². The number of hydrogen-bond acceptors (Lipinski definition) is 6. The Balaban J connectivity index is 1.92. The maximum Gasteiger partial charge on any atom is 0.285 e. The summed E-state index contributed by atoms with van der Waals surface area (Å²) in [5.41, 5.74) is 2.42. The molecule has 0 spiro atoms. The molecule has 0 aliphatic carbocycles. The van der Waals surface area contributed by atoms with E-state index in [0.29, 0.717) is 5.56 Å². The quantitative estimate of drug-likeness (QED) is 0.586. The van der Waals surface area contributed by atoms with Crippen LogP contribution in [0.1, 0.15) is 17.5 Å². The molecule has 0 saturated carbocycles. The average molecular weight is 381 g/mol. The van der Waals surface area contributed by atoms with Gasteiger partial charge in [-0.05, 0) is 29.8 Å². The number of hydrogen-bond donors (Lipinski definition) is 0. The lowest BCUT2D eigenvalue weighted by molar-refractivity contribution is 0.459. The fourth-order valence-electron chi connectivity index (χ4n) is 2.64. The van der Waals surface area contributed by atoms with Crippen LogP contribution in [0.15, 0.2) is 62.9 Å². The third-order valence-electron chi connectivity index (χ3n) is 4.05. The van der Waals surface area contributed by atoms with E-state index in [1.807, 2.05) is 43.3 Å². The third kappa shape index (κ3) is 3.99. The summed E-state index contributed by atoms with van der Waals surface area (Å²) in [6.07, 6.45) is 1.82. The monoisotopic (exact) mass is 381 g/mol. The zero-order valence-corrected chi connectivity index (χ0v) is 15.9. The highest BCUT2D eigenvalue weighted by Gasteiger charge is 2.31. The standard InChI is InChI=1S/C19H19N5O2S/c1-23(2)16-10-8-15(9-11-16)14-21-24(13-5-12-20)19-17-6-3-4-7-18(17)27(25,26)22-19/h3-4,6-11,14H,5,13H2,1-2H3/b21-14-. The van der Waals surface area contributed by atoms with Gasteiger partial charge in [-0.25, -0.2) is 5.01 Å². The lowest BCUT2D eigenvalue weighted by atomic mass is 10.2. The molecule has 0 amide bonds. The van der Waals surface area contributed by atoms with Gasteiger partial charge >= 0.3 is 0 Å². The van der Waals surface area contributed by atoms with Gasteiger partial charge in [-0.15, -0.1) is 4.40 Å². The van der Waals surface area contributed by atoms with Gasteiger partial charge in [0.1, 0.15) is 4.90 Å². The molecule has 0 aromatic heterocycles. The Bertz CT molecular complexity index is 1030. The predicted octanol–water partition coefficient (Wildman–Crippen LogP) is 2.45. The molecule has 2 aromatic carbocycles. The normalized spacial score (nSPS) is 14.5. The van der Waals surface area contributed by atoms with Gasteiger partial charge in [-0.3, -0.25) is 0 Å². The second kappa shape index (κ2) is 7.60. The molecule has 138 valence electrons. The van der Waals surface area contributed by atoms with Crippen LogP contribution in [0.25, 0.3) is 0 Å². The molecular formula is C19H19N5O2S. The molecule has 0 atom stereocenters. The Hall–Kier alpha value is -3.18. The minimum atomic E-state index is -3.74. The second-order valence-corrected chi connectivity index (χ2v) is 7.72. The van der Waals surface area contributed by atoms with Crippen LogP contribution in [0.4, 0.5) is 5.69 Å². The highest BCUT2D eigenvalue weighted by atomic mass is 32.2. The molecule has 3 rings (SSSR count). The summed E-state index contributed by atoms with van der Waals surface area (Å²) < 4.78 is 28.4. The lowest BCUT2D eigenvalue weighted by Gasteiger charge is -2.17. The zero-order chi connectivity index (χ0) is 19.4. The average Bonchev–Trinajstić information content (AvgIpc) is 2.94. The van der Waals surface area contributed by atoms with Crippen molar-refractivity contribution in [1.82, 2.24) is 5.01 Å². The number of nitriles is 1. The number of rotatable bonds is 5. The number of anilines is 1. The number of fused-ring (bicyclic) bond motifs is 1. The molecule has 0 unspecified atom stereocenters. The zero-order valence-electron chi connectivity index (χ0n) is 15.1. The van der Waals surface area contributed by atoms with Gasteiger partial charge in [0.2, 0.25) is 0 Å². The molecule has 0 bridgehead atoms. The highest BCUT2D eigenvalue weighted by molar-refractivity contribution is 7.90. The minimum absolute atomic E-state index is 0.160. The van der Waals surface area contributed by atoms with Gasteiger partial charge in [-0.1, -0.05) is 24.3 Å². The fourth-order valence-corrected chi connectivity index (χ4v) is 3.85. The van der Waals surface area contributed by atoms with E-state index in [4.69, 9.17) is 5.26 Å². The Morgan fingerprint density at radius 3 is 2.52 bits per heavy atom. The van der Waals surface area contributed by atoms with E-state index in [0.717, 1.165) is 11.3 Å². The SMILES string of the molecule is CN(C)c1ccc(/C=N\N(CCC#N)C2=NS(=O)(=O)c3ccccc32)cc1. The van der Waals surface area contributed by atoms with E-state index in [-0.39, 0.29) is 23.7 Å². The molecule has 0 fully saturated rings. The summed E-state index contributed by atoms with van der Waals surface area (Å²) in [5, 5.41) is 14.8. The topological polar surface area (TPSA) is 89.1 Å². The van der Waals surface area contributed by atoms with Crippen molar-refractivity contribution in [2.24, 2.45) is 9.50 Å². The number of hydrazone groups is 1. The summed E-state index contributed by atoms with van der Waals surface area (Å²) in [6.45, 7) is 0.242. The van der Waals surface area contributed by atoms with E-state index in [1.54, 1.807) is 24.4 Å². The second-order valence-electron chi connectivity index (χ2n) is 6.15. The van der Waals surface area contributed by atoms with Crippen LogP contribution >= 0.6 is 0 Å². The predicted molar refractivity (Wildman–Crippen MR) is 105 cm³/mol. The Morgan fingerprint density at radius 1 is 1.15 bits per heavy atom. The van der Waals surface area contributed by atoms with Crippen LogP contribution in [0.2, 0.25) is 0 Å². The third-order valence-corrected chi connectivity index (χ3v) is 5.37. The van der Waals surface area contributed by atoms with Gasteiger partial charge in [0, 0.05) is 25.3 Å².